The Morgan fingerprint density at radius 1 is 1.45 bits per heavy atom. The first kappa shape index (κ1) is 14.9. The predicted molar refractivity (Wildman–Crippen MR) is 72.5 cm³/mol. The van der Waals surface area contributed by atoms with Gasteiger partial charge in [-0.1, -0.05) is 11.6 Å². The lowest BCUT2D eigenvalue weighted by molar-refractivity contribution is 0.280. The number of aromatic nitrogens is 3. The minimum atomic E-state index is -3.76. The zero-order valence-electron chi connectivity index (χ0n) is 10.6. The summed E-state index contributed by atoms with van der Waals surface area (Å²) in [6.07, 6.45) is 1.29. The molecule has 1 aromatic heterocycles. The van der Waals surface area contributed by atoms with Crippen molar-refractivity contribution in [3.63, 3.8) is 0 Å². The third kappa shape index (κ3) is 3.15. The average Bonchev–Trinajstić information content (AvgIpc) is 2.92. The second-order valence-corrected chi connectivity index (χ2v) is 6.27. The average molecular weight is 317 g/mol. The fourth-order valence-corrected chi connectivity index (χ4v) is 3.31. The number of rotatable bonds is 5. The number of benzene rings is 1. The van der Waals surface area contributed by atoms with Gasteiger partial charge in [-0.25, -0.2) is 18.1 Å². The van der Waals surface area contributed by atoms with E-state index in [9.17, 15) is 13.5 Å². The highest BCUT2D eigenvalue weighted by Gasteiger charge is 2.19. The van der Waals surface area contributed by atoms with E-state index in [1.807, 2.05) is 0 Å². The van der Waals surface area contributed by atoms with Crippen molar-refractivity contribution in [3.05, 3.63) is 40.4 Å². The molecule has 20 heavy (non-hydrogen) atoms. The van der Waals surface area contributed by atoms with Gasteiger partial charge in [0.05, 0.1) is 18.0 Å². The van der Waals surface area contributed by atoms with Gasteiger partial charge in [-0.05, 0) is 30.2 Å². The van der Waals surface area contributed by atoms with Crippen LogP contribution in [0.1, 0.15) is 17.0 Å². The maximum absolute atomic E-state index is 12.3. The van der Waals surface area contributed by atoms with Crippen molar-refractivity contribution in [2.24, 2.45) is 0 Å². The first-order valence-electron chi connectivity index (χ1n) is 5.68. The van der Waals surface area contributed by atoms with E-state index in [2.05, 4.69) is 19.9 Å². The second kappa shape index (κ2) is 5.88. The normalized spacial score (nSPS) is 11.8. The summed E-state index contributed by atoms with van der Waals surface area (Å²) in [6, 6.07) is 2.88. The van der Waals surface area contributed by atoms with E-state index < -0.39 is 10.0 Å². The van der Waals surface area contributed by atoms with Crippen molar-refractivity contribution in [1.29, 1.82) is 0 Å². The van der Waals surface area contributed by atoms with Gasteiger partial charge < -0.3 is 5.11 Å². The number of aliphatic hydroxyl groups excluding tert-OH is 1. The predicted octanol–water partition coefficient (Wildman–Crippen LogP) is 0.737. The molecule has 0 saturated heterocycles. The van der Waals surface area contributed by atoms with Crippen LogP contribution in [0.5, 0.6) is 0 Å². The van der Waals surface area contributed by atoms with Crippen molar-refractivity contribution in [2.45, 2.75) is 25.0 Å². The lowest BCUT2D eigenvalue weighted by Crippen LogP contribution is -2.25. The van der Waals surface area contributed by atoms with Gasteiger partial charge in [0.15, 0.2) is 0 Å². The van der Waals surface area contributed by atoms with E-state index in [4.69, 9.17) is 11.6 Å². The summed E-state index contributed by atoms with van der Waals surface area (Å²) in [4.78, 5) is 3.86. The molecule has 1 heterocycles. The highest BCUT2D eigenvalue weighted by molar-refractivity contribution is 7.89. The molecule has 0 spiro atoms. The van der Waals surface area contributed by atoms with Crippen molar-refractivity contribution in [1.82, 2.24) is 19.9 Å². The monoisotopic (exact) mass is 316 g/mol. The number of nitrogens with zero attached hydrogens (tertiary/aromatic N) is 2. The number of H-pyrrole nitrogens is 1. The molecule has 0 bridgehead atoms. The summed E-state index contributed by atoms with van der Waals surface area (Å²) in [5.41, 5.74) is 0.930. The topological polar surface area (TPSA) is 108 Å². The molecule has 2 rings (SSSR count). The van der Waals surface area contributed by atoms with E-state index in [-0.39, 0.29) is 23.1 Å². The number of aliphatic hydroxyl groups is 1. The number of nitrogens with one attached hydrogen (secondary N) is 2. The molecule has 1 aromatic carbocycles. The summed E-state index contributed by atoms with van der Waals surface area (Å²) in [5.74, 6) is 0.399. The molecule has 0 fully saturated rings. The molecule has 9 heteroatoms. The molecule has 0 atom stereocenters. The summed E-state index contributed by atoms with van der Waals surface area (Å²) >= 11 is 5.87. The SMILES string of the molecule is Cc1c(CO)cc(Cl)cc1S(=O)(=O)NCc1ncn[nH]1. The first-order chi connectivity index (χ1) is 9.44. The molecular weight excluding hydrogens is 304 g/mol. The highest BCUT2D eigenvalue weighted by atomic mass is 35.5. The van der Waals surface area contributed by atoms with E-state index in [0.29, 0.717) is 17.0 Å². The number of hydrogen-bond acceptors (Lipinski definition) is 5. The van der Waals surface area contributed by atoms with Crippen molar-refractivity contribution in [2.75, 3.05) is 0 Å². The Balaban J connectivity index is 2.31. The standard InChI is InChI=1S/C11H13ClN4O3S/c1-7-8(5-17)2-9(12)3-10(7)20(18,19)15-4-11-13-6-14-16-11/h2-3,6,15,17H,4-5H2,1H3,(H,13,14,16). The maximum Gasteiger partial charge on any atom is 0.241 e. The fraction of sp³-hybridized carbons (Fsp3) is 0.273. The maximum atomic E-state index is 12.3. The smallest absolute Gasteiger partial charge is 0.241 e. The third-order valence-electron chi connectivity index (χ3n) is 2.79. The molecule has 3 N–H and O–H groups in total. The molecule has 0 aliphatic heterocycles. The van der Waals surface area contributed by atoms with Crippen LogP contribution in [0, 0.1) is 6.92 Å². The van der Waals surface area contributed by atoms with Gasteiger partial charge in [-0.15, -0.1) is 0 Å². The number of hydrogen-bond donors (Lipinski definition) is 3. The Morgan fingerprint density at radius 2 is 2.20 bits per heavy atom. The lowest BCUT2D eigenvalue weighted by Gasteiger charge is -2.12. The molecule has 0 radical (unpaired) electrons. The quantitative estimate of drug-likeness (QED) is 0.754. The van der Waals surface area contributed by atoms with Gasteiger partial charge in [-0.2, -0.15) is 5.10 Å². The summed E-state index contributed by atoms with van der Waals surface area (Å²) in [5, 5.41) is 15.7. The van der Waals surface area contributed by atoms with Gasteiger partial charge in [-0.3, -0.25) is 5.10 Å². The van der Waals surface area contributed by atoms with Crippen LogP contribution in [0.15, 0.2) is 23.4 Å². The fourth-order valence-electron chi connectivity index (χ4n) is 1.71. The Hall–Kier alpha value is -1.48. The largest absolute Gasteiger partial charge is 0.392 e. The van der Waals surface area contributed by atoms with Gasteiger partial charge in [0.25, 0.3) is 0 Å². The Kier molecular flexibility index (Phi) is 4.39. The number of sulfonamides is 1. The Labute approximate surface area is 121 Å². The van der Waals surface area contributed by atoms with Crippen LogP contribution in [0.25, 0.3) is 0 Å². The highest BCUT2D eigenvalue weighted by Crippen LogP contribution is 2.24. The molecular formula is C11H13ClN4O3S. The molecule has 2 aromatic rings. The minimum absolute atomic E-state index is 0.0112. The zero-order chi connectivity index (χ0) is 14.8. The lowest BCUT2D eigenvalue weighted by atomic mass is 10.1. The number of halogens is 1. The van der Waals surface area contributed by atoms with Crippen LogP contribution >= 0.6 is 11.6 Å². The van der Waals surface area contributed by atoms with Crippen LogP contribution in [-0.2, 0) is 23.2 Å². The Morgan fingerprint density at radius 3 is 2.80 bits per heavy atom. The molecule has 0 aliphatic carbocycles. The Bertz CT molecular complexity index is 701. The molecule has 0 saturated carbocycles. The molecule has 0 unspecified atom stereocenters. The third-order valence-corrected chi connectivity index (χ3v) is 4.53. The van der Waals surface area contributed by atoms with Crippen molar-refractivity contribution in [3.8, 4) is 0 Å². The van der Waals surface area contributed by atoms with Crippen LogP contribution in [0.4, 0.5) is 0 Å². The summed E-state index contributed by atoms with van der Waals surface area (Å²) in [7, 11) is -3.76. The van der Waals surface area contributed by atoms with Gasteiger partial charge >= 0.3 is 0 Å². The minimum Gasteiger partial charge on any atom is -0.392 e. The molecule has 0 amide bonds. The van der Waals surface area contributed by atoms with Crippen molar-refractivity contribution < 1.29 is 13.5 Å². The zero-order valence-corrected chi connectivity index (χ0v) is 12.2. The van der Waals surface area contributed by atoms with E-state index in [1.54, 1.807) is 6.92 Å². The van der Waals surface area contributed by atoms with Gasteiger partial charge in [0, 0.05) is 5.02 Å². The molecule has 7 nitrogen and oxygen atoms in total. The van der Waals surface area contributed by atoms with Crippen molar-refractivity contribution >= 4 is 21.6 Å². The van der Waals surface area contributed by atoms with Gasteiger partial charge in [0.1, 0.15) is 12.2 Å². The first-order valence-corrected chi connectivity index (χ1v) is 7.54. The van der Waals surface area contributed by atoms with Gasteiger partial charge in [0.2, 0.25) is 10.0 Å². The summed E-state index contributed by atoms with van der Waals surface area (Å²) in [6.45, 7) is 1.32. The van der Waals surface area contributed by atoms with E-state index in [0.717, 1.165) is 0 Å². The van der Waals surface area contributed by atoms with E-state index in [1.165, 1.54) is 18.5 Å². The van der Waals surface area contributed by atoms with Crippen LogP contribution in [0.2, 0.25) is 5.02 Å². The van der Waals surface area contributed by atoms with Crippen LogP contribution in [0.3, 0.4) is 0 Å². The molecule has 108 valence electrons. The van der Waals surface area contributed by atoms with Crippen LogP contribution in [-0.4, -0.2) is 28.7 Å². The summed E-state index contributed by atoms with van der Waals surface area (Å²) < 4.78 is 26.9. The van der Waals surface area contributed by atoms with E-state index >= 15 is 0 Å². The number of aromatic amines is 1. The molecule has 0 aliphatic rings. The van der Waals surface area contributed by atoms with Crippen LogP contribution < -0.4 is 4.72 Å². The second-order valence-electron chi connectivity index (χ2n) is 4.10.